The van der Waals surface area contributed by atoms with Crippen LogP contribution in [-0.2, 0) is 0 Å². The van der Waals surface area contributed by atoms with Gasteiger partial charge in [0.25, 0.3) is 11.8 Å². The maximum atomic E-state index is 12.9. The van der Waals surface area contributed by atoms with Gasteiger partial charge < -0.3 is 15.0 Å². The van der Waals surface area contributed by atoms with Crippen LogP contribution in [-0.4, -0.2) is 47.7 Å². The molecule has 0 aliphatic carbocycles. The molecule has 31 heavy (non-hydrogen) atoms. The number of nitrogens with zero attached hydrogens (tertiary/aromatic N) is 3. The van der Waals surface area contributed by atoms with Gasteiger partial charge in [-0.2, -0.15) is 5.10 Å². The fourth-order valence-corrected chi connectivity index (χ4v) is 4.36. The SMILES string of the molecule is COc1cc(NC(=O)c2cc3c(C)nn(-c4ccccc4)c3s2)ccc1C(=O)N(C)C. The van der Waals surface area contributed by atoms with E-state index in [0.717, 1.165) is 21.6 Å². The number of thiophene rings is 1. The average molecular weight is 435 g/mol. The van der Waals surface area contributed by atoms with Crippen LogP contribution in [0.4, 0.5) is 5.69 Å². The molecule has 0 aliphatic rings. The van der Waals surface area contributed by atoms with E-state index in [2.05, 4.69) is 10.4 Å². The van der Waals surface area contributed by atoms with E-state index in [4.69, 9.17) is 4.74 Å². The van der Waals surface area contributed by atoms with Crippen LogP contribution in [0.1, 0.15) is 25.7 Å². The van der Waals surface area contributed by atoms with E-state index in [1.54, 1.807) is 32.3 Å². The van der Waals surface area contributed by atoms with Crippen molar-refractivity contribution in [1.82, 2.24) is 14.7 Å². The number of anilines is 1. The number of para-hydroxylation sites is 1. The van der Waals surface area contributed by atoms with E-state index in [9.17, 15) is 9.59 Å². The molecule has 0 aliphatic heterocycles. The van der Waals surface area contributed by atoms with Crippen molar-refractivity contribution in [2.24, 2.45) is 0 Å². The van der Waals surface area contributed by atoms with Gasteiger partial charge in [0.1, 0.15) is 10.6 Å². The second kappa shape index (κ2) is 8.23. The molecular weight excluding hydrogens is 412 g/mol. The lowest BCUT2D eigenvalue weighted by Crippen LogP contribution is -2.22. The lowest BCUT2D eigenvalue weighted by atomic mass is 10.1. The first-order chi connectivity index (χ1) is 14.9. The molecule has 4 rings (SSSR count). The van der Waals surface area contributed by atoms with Gasteiger partial charge in [0.05, 0.1) is 28.9 Å². The van der Waals surface area contributed by atoms with E-state index in [1.807, 2.05) is 48.0 Å². The summed E-state index contributed by atoms with van der Waals surface area (Å²) in [6.07, 6.45) is 0. The van der Waals surface area contributed by atoms with Gasteiger partial charge in [0.15, 0.2) is 0 Å². The summed E-state index contributed by atoms with van der Waals surface area (Å²) in [5.74, 6) is 0.0116. The summed E-state index contributed by atoms with van der Waals surface area (Å²) in [6.45, 7) is 1.93. The van der Waals surface area contributed by atoms with Crippen LogP contribution in [0.25, 0.3) is 15.9 Å². The minimum Gasteiger partial charge on any atom is -0.496 e. The predicted molar refractivity (Wildman–Crippen MR) is 123 cm³/mol. The Hall–Kier alpha value is -3.65. The third-order valence-electron chi connectivity index (χ3n) is 4.87. The molecule has 2 heterocycles. The maximum absolute atomic E-state index is 12.9. The third kappa shape index (κ3) is 3.89. The Morgan fingerprint density at radius 2 is 1.84 bits per heavy atom. The monoisotopic (exact) mass is 434 g/mol. The van der Waals surface area contributed by atoms with E-state index in [-0.39, 0.29) is 11.8 Å². The van der Waals surface area contributed by atoms with E-state index >= 15 is 0 Å². The number of fused-ring (bicyclic) bond motifs is 1. The standard InChI is InChI=1S/C23H22N4O3S/c1-14-18-13-20(31-23(18)27(25-14)16-8-6-5-7-9-16)21(28)24-15-10-11-17(19(12-15)30-4)22(29)26(2)3/h5-13H,1-4H3,(H,24,28). The first-order valence-electron chi connectivity index (χ1n) is 9.64. The highest BCUT2D eigenvalue weighted by Crippen LogP contribution is 2.31. The number of benzene rings is 2. The Labute approximate surface area is 183 Å². The Bertz CT molecular complexity index is 1270. The van der Waals surface area contributed by atoms with Crippen LogP contribution >= 0.6 is 11.3 Å². The Morgan fingerprint density at radius 3 is 2.52 bits per heavy atom. The first kappa shape index (κ1) is 20.6. The highest BCUT2D eigenvalue weighted by atomic mass is 32.1. The fraction of sp³-hybridized carbons (Fsp3) is 0.174. The van der Waals surface area contributed by atoms with Gasteiger partial charge in [-0.25, -0.2) is 4.68 Å². The fourth-order valence-electron chi connectivity index (χ4n) is 3.28. The van der Waals surface area contributed by atoms with Crippen molar-refractivity contribution in [3.63, 3.8) is 0 Å². The van der Waals surface area contributed by atoms with Crippen molar-refractivity contribution in [2.75, 3.05) is 26.5 Å². The van der Waals surface area contributed by atoms with Gasteiger partial charge in [0, 0.05) is 31.2 Å². The summed E-state index contributed by atoms with van der Waals surface area (Å²) in [7, 11) is 4.85. The number of carbonyl (C=O) groups excluding carboxylic acids is 2. The lowest BCUT2D eigenvalue weighted by molar-refractivity contribution is 0.0824. The number of nitrogens with one attached hydrogen (secondary N) is 1. The van der Waals surface area contributed by atoms with Crippen molar-refractivity contribution < 1.29 is 14.3 Å². The maximum Gasteiger partial charge on any atom is 0.265 e. The van der Waals surface area contributed by atoms with Crippen LogP contribution in [0.2, 0.25) is 0 Å². The van der Waals surface area contributed by atoms with Crippen molar-refractivity contribution in [2.45, 2.75) is 6.92 Å². The van der Waals surface area contributed by atoms with Gasteiger partial charge in [0.2, 0.25) is 0 Å². The summed E-state index contributed by atoms with van der Waals surface area (Å²) >= 11 is 1.39. The molecular formula is C23H22N4O3S. The number of aromatic nitrogens is 2. The number of aryl methyl sites for hydroxylation is 1. The molecule has 7 nitrogen and oxygen atoms in total. The molecule has 0 spiro atoms. The summed E-state index contributed by atoms with van der Waals surface area (Å²) in [6, 6.07) is 16.7. The van der Waals surface area contributed by atoms with Gasteiger partial charge >= 0.3 is 0 Å². The highest BCUT2D eigenvalue weighted by molar-refractivity contribution is 7.20. The third-order valence-corrected chi connectivity index (χ3v) is 5.97. The van der Waals surface area contributed by atoms with Crippen LogP contribution in [0.5, 0.6) is 5.75 Å². The summed E-state index contributed by atoms with van der Waals surface area (Å²) in [4.78, 5) is 28.2. The van der Waals surface area contributed by atoms with Gasteiger partial charge in [-0.15, -0.1) is 11.3 Å². The van der Waals surface area contributed by atoms with Crippen LogP contribution in [0.15, 0.2) is 54.6 Å². The number of ether oxygens (including phenoxy) is 1. The molecule has 2 amide bonds. The molecule has 158 valence electrons. The molecule has 0 unspecified atom stereocenters. The van der Waals surface area contributed by atoms with Crippen molar-refractivity contribution in [1.29, 1.82) is 0 Å². The number of hydrogen-bond acceptors (Lipinski definition) is 5. The van der Waals surface area contributed by atoms with Crippen LogP contribution in [0, 0.1) is 6.92 Å². The normalized spacial score (nSPS) is 10.8. The van der Waals surface area contributed by atoms with Crippen molar-refractivity contribution >= 4 is 39.1 Å². The van der Waals surface area contributed by atoms with Crippen molar-refractivity contribution in [3.05, 3.63) is 70.7 Å². The summed E-state index contributed by atoms with van der Waals surface area (Å²) < 4.78 is 7.21. The Kier molecular flexibility index (Phi) is 5.48. The number of methoxy groups -OCH3 is 1. The van der Waals surface area contributed by atoms with Crippen molar-refractivity contribution in [3.8, 4) is 11.4 Å². The topological polar surface area (TPSA) is 76.5 Å². The molecule has 2 aromatic heterocycles. The molecule has 1 N–H and O–H groups in total. The Balaban J connectivity index is 1.63. The lowest BCUT2D eigenvalue weighted by Gasteiger charge is -2.14. The van der Waals surface area contributed by atoms with Gasteiger partial charge in [-0.3, -0.25) is 9.59 Å². The molecule has 8 heteroatoms. The zero-order valence-electron chi connectivity index (χ0n) is 17.7. The van der Waals surface area contributed by atoms with Crippen LogP contribution < -0.4 is 10.1 Å². The minimum atomic E-state index is -0.228. The largest absolute Gasteiger partial charge is 0.496 e. The molecule has 2 aromatic carbocycles. The zero-order valence-corrected chi connectivity index (χ0v) is 18.5. The number of carbonyl (C=O) groups is 2. The highest BCUT2D eigenvalue weighted by Gasteiger charge is 2.19. The summed E-state index contributed by atoms with van der Waals surface area (Å²) in [5.41, 5.74) is 2.80. The van der Waals surface area contributed by atoms with Crippen LogP contribution in [0.3, 0.4) is 0 Å². The molecule has 0 bridgehead atoms. The van der Waals surface area contributed by atoms with E-state index in [1.165, 1.54) is 23.3 Å². The second-order valence-corrected chi connectivity index (χ2v) is 8.26. The molecule has 0 atom stereocenters. The molecule has 0 saturated heterocycles. The molecule has 0 radical (unpaired) electrons. The molecule has 0 fully saturated rings. The first-order valence-corrected chi connectivity index (χ1v) is 10.5. The smallest absolute Gasteiger partial charge is 0.265 e. The predicted octanol–water partition coefficient (Wildman–Crippen LogP) is 4.36. The van der Waals surface area contributed by atoms with Gasteiger partial charge in [-0.05, 0) is 37.3 Å². The summed E-state index contributed by atoms with van der Waals surface area (Å²) in [5, 5.41) is 8.45. The second-order valence-electron chi connectivity index (χ2n) is 7.23. The zero-order chi connectivity index (χ0) is 22.1. The number of hydrogen-bond donors (Lipinski definition) is 1. The minimum absolute atomic E-state index is 0.167. The van der Waals surface area contributed by atoms with E-state index in [0.29, 0.717) is 21.9 Å². The Morgan fingerprint density at radius 1 is 1.10 bits per heavy atom. The average Bonchev–Trinajstić information content (AvgIpc) is 3.34. The van der Waals surface area contributed by atoms with E-state index < -0.39 is 0 Å². The quantitative estimate of drug-likeness (QED) is 0.506. The van der Waals surface area contributed by atoms with Gasteiger partial charge in [-0.1, -0.05) is 18.2 Å². The molecule has 0 saturated carbocycles. The molecule has 4 aromatic rings. The number of rotatable bonds is 5. The number of amides is 2.